The Morgan fingerprint density at radius 2 is 1.81 bits per heavy atom. The van der Waals surface area contributed by atoms with Gasteiger partial charge in [-0.25, -0.2) is 0 Å². The largest absolute Gasteiger partial charge is 0.275 e. The predicted molar refractivity (Wildman–Crippen MR) is 128 cm³/mol. The van der Waals surface area contributed by atoms with Crippen LogP contribution in [0.25, 0.3) is 16.0 Å². The molecule has 0 fully saturated rings. The van der Waals surface area contributed by atoms with Crippen molar-refractivity contribution in [1.29, 1.82) is 0 Å². The minimum atomic E-state index is 0.00256. The van der Waals surface area contributed by atoms with Gasteiger partial charge < -0.3 is 0 Å². The van der Waals surface area contributed by atoms with Gasteiger partial charge in [-0.05, 0) is 35.4 Å². The highest BCUT2D eigenvalue weighted by molar-refractivity contribution is 7.98. The molecule has 0 spiro atoms. The number of hydrogen-bond donors (Lipinski definition) is 0. The standard InChI is InChI=1S/C24H22N4OS2/c1-16-8-10-18(11-9-16)15-31-24-26-25-23-27(14-17(2)19-6-4-3-5-7-19)22(29)21-20(28(23)24)12-13-30-21/h3-13,17H,14-15H2,1-2H3/t17-/m0/s1. The van der Waals surface area contributed by atoms with E-state index in [-0.39, 0.29) is 11.5 Å². The fourth-order valence-corrected chi connectivity index (χ4v) is 5.47. The van der Waals surface area contributed by atoms with Crippen LogP contribution >= 0.6 is 23.1 Å². The van der Waals surface area contributed by atoms with Crippen LogP contribution in [-0.4, -0.2) is 19.2 Å². The topological polar surface area (TPSA) is 52.2 Å². The zero-order chi connectivity index (χ0) is 21.4. The molecule has 0 saturated carbocycles. The summed E-state index contributed by atoms with van der Waals surface area (Å²) in [4.78, 5) is 13.3. The van der Waals surface area contributed by atoms with Crippen molar-refractivity contribution in [2.24, 2.45) is 0 Å². The van der Waals surface area contributed by atoms with E-state index in [1.54, 1.807) is 16.3 Å². The third-order valence-corrected chi connectivity index (χ3v) is 7.39. The average molecular weight is 447 g/mol. The number of hydrogen-bond acceptors (Lipinski definition) is 5. The maximum Gasteiger partial charge on any atom is 0.272 e. The van der Waals surface area contributed by atoms with Gasteiger partial charge >= 0.3 is 0 Å². The van der Waals surface area contributed by atoms with E-state index >= 15 is 0 Å². The molecule has 3 aromatic heterocycles. The van der Waals surface area contributed by atoms with E-state index in [4.69, 9.17) is 0 Å². The van der Waals surface area contributed by atoms with Gasteiger partial charge in [0.25, 0.3) is 5.56 Å². The van der Waals surface area contributed by atoms with E-state index in [0.29, 0.717) is 12.3 Å². The lowest BCUT2D eigenvalue weighted by molar-refractivity contribution is 0.588. The Labute approximate surface area is 188 Å². The minimum absolute atomic E-state index is 0.00256. The number of nitrogens with zero attached hydrogens (tertiary/aromatic N) is 4. The first-order valence-electron chi connectivity index (χ1n) is 10.2. The lowest BCUT2D eigenvalue weighted by Crippen LogP contribution is -2.24. The third-order valence-electron chi connectivity index (χ3n) is 5.50. The second-order valence-corrected chi connectivity index (χ2v) is 9.61. The van der Waals surface area contributed by atoms with Gasteiger partial charge in [0.2, 0.25) is 5.78 Å². The number of rotatable bonds is 6. The second kappa shape index (κ2) is 8.32. The highest BCUT2D eigenvalue weighted by atomic mass is 32.2. The quantitative estimate of drug-likeness (QED) is 0.323. The maximum absolute atomic E-state index is 13.3. The van der Waals surface area contributed by atoms with E-state index < -0.39 is 0 Å². The zero-order valence-electron chi connectivity index (χ0n) is 17.4. The zero-order valence-corrected chi connectivity index (χ0v) is 19.0. The lowest BCUT2D eigenvalue weighted by Gasteiger charge is -2.15. The Hall–Kier alpha value is -2.90. The SMILES string of the molecule is Cc1ccc(CSc2nnc3n(C[C@H](C)c4ccccc4)c(=O)c4sccc4n23)cc1. The molecule has 0 aliphatic heterocycles. The monoisotopic (exact) mass is 446 g/mol. The summed E-state index contributed by atoms with van der Waals surface area (Å²) in [5, 5.41) is 11.7. The third kappa shape index (κ3) is 3.79. The molecule has 156 valence electrons. The van der Waals surface area contributed by atoms with Crippen LogP contribution in [0.4, 0.5) is 0 Å². The minimum Gasteiger partial charge on any atom is -0.275 e. The van der Waals surface area contributed by atoms with Crippen LogP contribution in [0.1, 0.15) is 29.5 Å². The molecule has 0 unspecified atom stereocenters. The smallest absolute Gasteiger partial charge is 0.272 e. The molecular weight excluding hydrogens is 424 g/mol. The molecule has 31 heavy (non-hydrogen) atoms. The Morgan fingerprint density at radius 1 is 1.03 bits per heavy atom. The molecule has 2 aromatic carbocycles. The van der Waals surface area contributed by atoms with Crippen LogP contribution in [0.15, 0.2) is 76.0 Å². The molecular formula is C24H22N4OS2. The van der Waals surface area contributed by atoms with Crippen molar-refractivity contribution < 1.29 is 0 Å². The highest BCUT2D eigenvalue weighted by Gasteiger charge is 2.19. The molecule has 7 heteroatoms. The summed E-state index contributed by atoms with van der Waals surface area (Å²) in [6.07, 6.45) is 0. The molecule has 0 bridgehead atoms. The maximum atomic E-state index is 13.3. The van der Waals surface area contributed by atoms with Crippen LogP contribution < -0.4 is 5.56 Å². The fraction of sp³-hybridized carbons (Fsp3) is 0.208. The van der Waals surface area contributed by atoms with Gasteiger partial charge in [0.05, 0.1) is 5.52 Å². The van der Waals surface area contributed by atoms with Crippen LogP contribution in [-0.2, 0) is 12.3 Å². The molecule has 0 radical (unpaired) electrons. The van der Waals surface area contributed by atoms with Crippen molar-refractivity contribution >= 4 is 39.1 Å². The average Bonchev–Trinajstić information content (AvgIpc) is 3.44. The van der Waals surface area contributed by atoms with Crippen molar-refractivity contribution in [3.63, 3.8) is 0 Å². The molecule has 0 amide bonds. The molecule has 5 nitrogen and oxygen atoms in total. The first kappa shape index (κ1) is 20.0. The molecule has 3 heterocycles. The molecule has 0 saturated heterocycles. The van der Waals surface area contributed by atoms with Gasteiger partial charge in [0.15, 0.2) is 5.16 Å². The summed E-state index contributed by atoms with van der Waals surface area (Å²) >= 11 is 3.12. The Kier molecular flexibility index (Phi) is 5.38. The van der Waals surface area contributed by atoms with Crippen molar-refractivity contribution in [2.75, 3.05) is 0 Å². The van der Waals surface area contributed by atoms with Gasteiger partial charge in [-0.2, -0.15) is 0 Å². The second-order valence-electron chi connectivity index (χ2n) is 7.75. The van der Waals surface area contributed by atoms with E-state index in [1.165, 1.54) is 28.0 Å². The van der Waals surface area contributed by atoms with Gasteiger partial charge in [-0.15, -0.1) is 21.5 Å². The number of thiophene rings is 1. The van der Waals surface area contributed by atoms with E-state index in [0.717, 1.165) is 21.1 Å². The molecule has 0 aliphatic rings. The number of aryl methyl sites for hydroxylation is 1. The van der Waals surface area contributed by atoms with Gasteiger partial charge in [-0.1, -0.05) is 78.8 Å². The molecule has 5 aromatic rings. The van der Waals surface area contributed by atoms with Gasteiger partial charge in [-0.3, -0.25) is 13.8 Å². The van der Waals surface area contributed by atoms with Crippen molar-refractivity contribution in [3.05, 3.63) is 93.1 Å². The molecule has 5 rings (SSSR count). The number of fused-ring (bicyclic) bond motifs is 3. The molecule has 1 atom stereocenters. The van der Waals surface area contributed by atoms with Crippen LogP contribution in [0.3, 0.4) is 0 Å². The Morgan fingerprint density at radius 3 is 2.58 bits per heavy atom. The van der Waals surface area contributed by atoms with Crippen molar-refractivity contribution in [1.82, 2.24) is 19.2 Å². The van der Waals surface area contributed by atoms with E-state index in [2.05, 4.69) is 60.4 Å². The summed E-state index contributed by atoms with van der Waals surface area (Å²) in [6, 6.07) is 20.8. The summed E-state index contributed by atoms with van der Waals surface area (Å²) in [7, 11) is 0. The first-order valence-corrected chi connectivity index (χ1v) is 12.1. The van der Waals surface area contributed by atoms with E-state index in [9.17, 15) is 4.79 Å². The first-order chi connectivity index (χ1) is 15.1. The highest BCUT2D eigenvalue weighted by Crippen LogP contribution is 2.27. The van der Waals surface area contributed by atoms with Crippen LogP contribution in [0.2, 0.25) is 0 Å². The van der Waals surface area contributed by atoms with Crippen LogP contribution in [0.5, 0.6) is 0 Å². The predicted octanol–water partition coefficient (Wildman–Crippen LogP) is 5.51. The fourth-order valence-electron chi connectivity index (χ4n) is 3.75. The normalized spacial score (nSPS) is 12.6. The number of thioether (sulfide) groups is 1. The molecule has 0 N–H and O–H groups in total. The summed E-state index contributed by atoms with van der Waals surface area (Å²) < 4.78 is 4.55. The number of aromatic nitrogens is 4. The Bertz CT molecular complexity index is 1400. The van der Waals surface area contributed by atoms with Gasteiger partial charge in [0.1, 0.15) is 4.70 Å². The number of benzene rings is 2. The summed E-state index contributed by atoms with van der Waals surface area (Å²) in [6.45, 7) is 4.78. The lowest BCUT2D eigenvalue weighted by atomic mass is 10.0. The summed E-state index contributed by atoms with van der Waals surface area (Å²) in [5.74, 6) is 1.58. The van der Waals surface area contributed by atoms with Crippen molar-refractivity contribution in [3.8, 4) is 0 Å². The van der Waals surface area contributed by atoms with E-state index in [1.807, 2.05) is 34.0 Å². The van der Waals surface area contributed by atoms with Crippen LogP contribution in [0, 0.1) is 6.92 Å². The molecule has 0 aliphatic carbocycles. The van der Waals surface area contributed by atoms with Crippen molar-refractivity contribution in [2.45, 2.75) is 37.2 Å². The Balaban J connectivity index is 1.55. The van der Waals surface area contributed by atoms with Gasteiger partial charge in [0, 0.05) is 12.3 Å². The summed E-state index contributed by atoms with van der Waals surface area (Å²) in [5.41, 5.74) is 4.57.